The van der Waals surface area contributed by atoms with Crippen LogP contribution in [0.15, 0.2) is 12.6 Å². The topological polar surface area (TPSA) is 116 Å². The van der Waals surface area contributed by atoms with Crippen LogP contribution in [0.4, 0.5) is 0 Å². The van der Waals surface area contributed by atoms with Gasteiger partial charge in [-0.25, -0.2) is 9.36 Å². The molecule has 57 heavy (non-hydrogen) atoms. The van der Waals surface area contributed by atoms with Crippen LogP contribution in [0.25, 0.3) is 28.2 Å². The molecule has 0 aromatic carbocycles. The van der Waals surface area contributed by atoms with E-state index >= 15 is 0 Å². The second kappa shape index (κ2) is 18.8. The highest BCUT2D eigenvalue weighted by molar-refractivity contribution is 14.1. The molecule has 4 aromatic rings. The summed E-state index contributed by atoms with van der Waals surface area (Å²) in [5.41, 5.74) is 6.25. The molecule has 2 atom stereocenters. The number of fused-ring (bicyclic) bond motifs is 1. The number of halogens is 1. The van der Waals surface area contributed by atoms with Gasteiger partial charge >= 0.3 is 0 Å². The normalized spacial score (nSPS) is 16.2. The summed E-state index contributed by atoms with van der Waals surface area (Å²) in [6.07, 6.45) is 4.65. The number of pyridine rings is 1. The van der Waals surface area contributed by atoms with Crippen LogP contribution in [0, 0.1) is 17.4 Å². The quantitative estimate of drug-likeness (QED) is 0.0390. The molecular weight excluding hydrogens is 868 g/mol. The molecule has 5 rings (SSSR count). The summed E-state index contributed by atoms with van der Waals surface area (Å²) in [6.45, 7) is 32.7. The van der Waals surface area contributed by atoms with E-state index in [2.05, 4.69) is 108 Å². The van der Waals surface area contributed by atoms with Gasteiger partial charge in [-0.05, 0) is 106 Å². The Bertz CT molecular complexity index is 1990. The first kappa shape index (κ1) is 45.5. The van der Waals surface area contributed by atoms with E-state index in [1.165, 1.54) is 0 Å². The highest BCUT2D eigenvalue weighted by Crippen LogP contribution is 2.38. The van der Waals surface area contributed by atoms with E-state index in [1.54, 1.807) is 0 Å². The Labute approximate surface area is 356 Å². The van der Waals surface area contributed by atoms with Crippen LogP contribution in [0.1, 0.15) is 76.0 Å². The molecule has 0 saturated carbocycles. The summed E-state index contributed by atoms with van der Waals surface area (Å²) < 4.78 is 38.3. The van der Waals surface area contributed by atoms with Gasteiger partial charge in [-0.3, -0.25) is 14.6 Å². The minimum absolute atomic E-state index is 0.103. The number of aromatic nitrogens is 7. The fourth-order valence-electron chi connectivity index (χ4n) is 6.85. The van der Waals surface area contributed by atoms with Crippen molar-refractivity contribution in [3.05, 3.63) is 39.0 Å². The summed E-state index contributed by atoms with van der Waals surface area (Å²) in [4.78, 5) is 7.38. The Morgan fingerprint density at radius 3 is 2.47 bits per heavy atom. The zero-order valence-corrected chi connectivity index (χ0v) is 40.9. The third-order valence-corrected chi connectivity index (χ3v) is 18.4. The number of likely N-dealkylation sites (N-methyl/N-ethyl adjacent to an activating group) is 1. The lowest BCUT2D eigenvalue weighted by molar-refractivity contribution is -0.0368. The average Bonchev–Trinajstić information content (AvgIpc) is 3.73. The molecule has 0 bridgehead atoms. The lowest BCUT2D eigenvalue weighted by atomic mass is 10.1. The average molecular weight is 935 g/mol. The molecule has 1 fully saturated rings. The monoisotopic (exact) mass is 934 g/mol. The van der Waals surface area contributed by atoms with Gasteiger partial charge in [0.15, 0.2) is 21.3 Å². The Morgan fingerprint density at radius 1 is 1.09 bits per heavy atom. The third-order valence-electron chi connectivity index (χ3n) is 11.0. The molecule has 16 heteroatoms. The number of aryl methyl sites for hydroxylation is 3. The maximum Gasteiger partial charge on any atom is 0.248 e. The molecule has 0 N–H and O–H groups in total. The van der Waals surface area contributed by atoms with Crippen molar-refractivity contribution >= 4 is 56.0 Å². The van der Waals surface area contributed by atoms with Crippen molar-refractivity contribution in [1.29, 1.82) is 0 Å². The van der Waals surface area contributed by atoms with E-state index < -0.39 is 16.4 Å². The molecule has 13 nitrogen and oxygen atoms in total. The lowest BCUT2D eigenvalue weighted by Gasteiger charge is -2.36. The fraction of sp³-hybridized carbons (Fsp3) is 0.659. The second-order valence-corrected chi connectivity index (χ2v) is 29.7. The van der Waals surface area contributed by atoms with E-state index in [-0.39, 0.29) is 24.2 Å². The van der Waals surface area contributed by atoms with Crippen LogP contribution in [-0.4, -0.2) is 102 Å². The highest BCUT2D eigenvalue weighted by Gasteiger charge is 2.37. The number of rotatable bonds is 19. The first-order chi connectivity index (χ1) is 26.7. The van der Waals surface area contributed by atoms with Crippen LogP contribution in [0.5, 0.6) is 11.8 Å². The molecule has 5 heterocycles. The highest BCUT2D eigenvalue weighted by atomic mass is 127. The lowest BCUT2D eigenvalue weighted by Crippen LogP contribution is -2.41. The van der Waals surface area contributed by atoms with Crippen molar-refractivity contribution in [3.63, 3.8) is 0 Å². The standard InChI is InChI=1S/C41H67IN8O5Si2/c1-15-32-31-24-33(43-30(4)38(31)50(45-32)35-18-16-17-20-52-35)36-29(3)44-48(9)40(36)55-28(2)25-47(8)26-34-37(42)39(53-27-51-22-23-56(10,11)12)46-49(34)19-21-54-57(13,14)41(5,6)7/h15,24,28,35H,1,16-23,25-27H2,2-14H3/t28-,35?/m0/s1. The maximum absolute atomic E-state index is 6.75. The van der Waals surface area contributed by atoms with Gasteiger partial charge in [0, 0.05) is 46.8 Å². The number of hydrogen-bond acceptors (Lipinski definition) is 10. The Balaban J connectivity index is 1.33. The van der Waals surface area contributed by atoms with Gasteiger partial charge in [0.05, 0.1) is 56.3 Å². The Hall–Kier alpha value is -2.62. The molecule has 1 saturated heterocycles. The van der Waals surface area contributed by atoms with Gasteiger partial charge in [0.2, 0.25) is 11.8 Å². The number of ether oxygens (including phenoxy) is 4. The molecule has 4 aromatic heterocycles. The number of nitrogens with zero attached hydrogens (tertiary/aromatic N) is 8. The van der Waals surface area contributed by atoms with Crippen LogP contribution >= 0.6 is 22.6 Å². The van der Waals surface area contributed by atoms with Gasteiger partial charge < -0.3 is 23.4 Å². The van der Waals surface area contributed by atoms with Crippen molar-refractivity contribution in [1.82, 2.24) is 39.2 Å². The van der Waals surface area contributed by atoms with Gasteiger partial charge in [0.25, 0.3) is 0 Å². The third kappa shape index (κ3) is 11.2. The van der Waals surface area contributed by atoms with E-state index in [0.29, 0.717) is 44.6 Å². The van der Waals surface area contributed by atoms with Gasteiger partial charge in [-0.1, -0.05) is 47.0 Å². The predicted molar refractivity (Wildman–Crippen MR) is 242 cm³/mol. The van der Waals surface area contributed by atoms with Crippen molar-refractivity contribution in [2.45, 2.75) is 130 Å². The van der Waals surface area contributed by atoms with E-state index in [1.807, 2.05) is 41.0 Å². The zero-order valence-electron chi connectivity index (χ0n) is 36.8. The molecule has 316 valence electrons. The molecular formula is C41H67IN8O5Si2. The summed E-state index contributed by atoms with van der Waals surface area (Å²) in [5.74, 6) is 1.27. The van der Waals surface area contributed by atoms with Gasteiger partial charge in [-0.15, -0.1) is 5.10 Å². The molecule has 0 spiro atoms. The van der Waals surface area contributed by atoms with Crippen LogP contribution in [0.2, 0.25) is 43.8 Å². The minimum Gasteiger partial charge on any atom is -0.473 e. The van der Waals surface area contributed by atoms with E-state index in [9.17, 15) is 0 Å². The van der Waals surface area contributed by atoms with Crippen molar-refractivity contribution in [3.8, 4) is 23.0 Å². The summed E-state index contributed by atoms with van der Waals surface area (Å²) in [6, 6.07) is 3.18. The smallest absolute Gasteiger partial charge is 0.248 e. The van der Waals surface area contributed by atoms with E-state index in [4.69, 9.17) is 43.7 Å². The summed E-state index contributed by atoms with van der Waals surface area (Å²) >= 11 is 2.36. The first-order valence-electron chi connectivity index (χ1n) is 20.3. The first-order valence-corrected chi connectivity index (χ1v) is 28.0. The second-order valence-electron chi connectivity index (χ2n) is 18.2. The Kier molecular flexibility index (Phi) is 15.0. The fourth-order valence-corrected chi connectivity index (χ4v) is 9.35. The minimum atomic E-state index is -1.92. The molecule has 0 aliphatic carbocycles. The van der Waals surface area contributed by atoms with Crippen LogP contribution < -0.4 is 9.47 Å². The molecule has 1 unspecified atom stereocenters. The molecule has 1 aliphatic heterocycles. The maximum atomic E-state index is 6.75. The molecule has 0 radical (unpaired) electrons. The number of hydrogen-bond donors (Lipinski definition) is 0. The van der Waals surface area contributed by atoms with Gasteiger partial charge in [-0.2, -0.15) is 10.2 Å². The SMILES string of the molecule is C=Cc1nn(C2CCCCO2)c2c(C)nc(-c3c(C)nn(C)c3O[C@@H](C)CN(C)Cc3c(I)c(OCOCC[Si](C)(C)C)nn3CCO[Si](C)(C)C(C)(C)C)cc12. The molecule has 0 amide bonds. The zero-order chi connectivity index (χ0) is 41.9. The largest absolute Gasteiger partial charge is 0.473 e. The summed E-state index contributed by atoms with van der Waals surface area (Å²) in [5, 5.41) is 15.8. The molecule has 1 aliphatic rings. The Morgan fingerprint density at radius 2 is 1.82 bits per heavy atom. The van der Waals surface area contributed by atoms with Crippen molar-refractivity contribution < 1.29 is 23.4 Å². The van der Waals surface area contributed by atoms with Crippen LogP contribution in [0.3, 0.4) is 0 Å². The van der Waals surface area contributed by atoms with Crippen molar-refractivity contribution in [2.75, 3.05) is 40.2 Å². The van der Waals surface area contributed by atoms with E-state index in [0.717, 1.165) is 80.4 Å². The van der Waals surface area contributed by atoms with Crippen molar-refractivity contribution in [2.24, 2.45) is 7.05 Å². The van der Waals surface area contributed by atoms with Crippen LogP contribution in [-0.2, 0) is 34.0 Å². The predicted octanol–water partition coefficient (Wildman–Crippen LogP) is 9.20. The summed E-state index contributed by atoms with van der Waals surface area (Å²) in [7, 11) is 0.914. The van der Waals surface area contributed by atoms with Gasteiger partial charge in [0.1, 0.15) is 6.10 Å².